The summed E-state index contributed by atoms with van der Waals surface area (Å²) in [5, 5.41) is 21.9. The molecule has 0 radical (unpaired) electrons. The monoisotopic (exact) mass is 1380 g/mol. The summed E-state index contributed by atoms with van der Waals surface area (Å²) >= 11 is 1.23. The number of unbranched alkanes of at least 4 members (excludes halogenated alkanes) is 1. The van der Waals surface area contributed by atoms with Gasteiger partial charge in [0, 0.05) is 36.6 Å². The van der Waals surface area contributed by atoms with Crippen LogP contribution >= 0.6 is 11.8 Å². The first-order valence-corrected chi connectivity index (χ1v) is 34.4. The van der Waals surface area contributed by atoms with Gasteiger partial charge in [0.05, 0.1) is 30.3 Å². The molecule has 0 fully saturated rings. The van der Waals surface area contributed by atoms with Crippen molar-refractivity contribution in [3.05, 3.63) is 35.4 Å². The van der Waals surface area contributed by atoms with E-state index in [1.807, 2.05) is 58.9 Å². The van der Waals surface area contributed by atoms with E-state index < -0.39 is 165 Å². The van der Waals surface area contributed by atoms with E-state index in [2.05, 4.69) is 42.5 Å². The summed E-state index contributed by atoms with van der Waals surface area (Å²) in [4.78, 5) is 153. The van der Waals surface area contributed by atoms with E-state index >= 15 is 4.79 Å². The van der Waals surface area contributed by atoms with Gasteiger partial charge in [-0.25, -0.2) is 4.79 Å². The molecule has 26 nitrogen and oxygen atoms in total. The molecule has 1 rings (SSSR count). The summed E-state index contributed by atoms with van der Waals surface area (Å²) < 4.78 is 27.2. The quantitative estimate of drug-likeness (QED) is 0.0213. The minimum atomic E-state index is -1.63. The van der Waals surface area contributed by atoms with Crippen molar-refractivity contribution in [1.82, 2.24) is 42.5 Å². The summed E-state index contributed by atoms with van der Waals surface area (Å²) in [5.41, 5.74) is 9.20. The number of amides is 9. The van der Waals surface area contributed by atoms with Crippen LogP contribution in [0, 0.1) is 5.92 Å². The summed E-state index contributed by atoms with van der Waals surface area (Å²) in [5.74, 6) is -8.35. The summed E-state index contributed by atoms with van der Waals surface area (Å²) in [6.45, 7) is 40.3. The van der Waals surface area contributed by atoms with Crippen LogP contribution in [0.2, 0.25) is 0 Å². The van der Waals surface area contributed by atoms with Crippen LogP contribution < -0.4 is 54.0 Å². The number of hydrogen-bond donors (Lipinski definition) is 10. The lowest BCUT2D eigenvalue weighted by Gasteiger charge is -2.35. The Bertz CT molecular complexity index is 2760. The van der Waals surface area contributed by atoms with E-state index in [9.17, 15) is 47.9 Å². The Balaban J connectivity index is 3.92. The molecule has 0 heterocycles. The van der Waals surface area contributed by atoms with Gasteiger partial charge >= 0.3 is 18.0 Å². The van der Waals surface area contributed by atoms with Gasteiger partial charge < -0.3 is 77.7 Å². The molecular weight excluding hydrogens is 1260 g/mol. The average molecular weight is 1380 g/mol. The Morgan fingerprint density at radius 1 is 0.521 bits per heavy atom. The van der Waals surface area contributed by atoms with Crippen molar-refractivity contribution in [1.29, 1.82) is 0 Å². The van der Waals surface area contributed by atoms with E-state index in [0.29, 0.717) is 18.4 Å². The smallest absolute Gasteiger partial charge is 0.407 e. The van der Waals surface area contributed by atoms with Gasteiger partial charge in [-0.3, -0.25) is 47.9 Å². The lowest BCUT2D eigenvalue weighted by Crippen LogP contribution is -2.64. The summed E-state index contributed by atoms with van der Waals surface area (Å²) in [6, 6.07) is -3.45. The second-order valence-electron chi connectivity index (χ2n) is 31.4. The van der Waals surface area contributed by atoms with E-state index in [-0.39, 0.29) is 56.6 Å². The fraction of sp³-hybridized carbons (Fsp3) is 0.754. The molecule has 0 aromatic heterocycles. The SMILES string of the molecule is CSC(C)(C)[C@H](NC(=O)[C@@H](CC(C)C)NC(=O)[C@@H](NC(=O)[C@H](CC(=O)OC(C)(C)C)NC(=O)[C@@H](N)COC(C)(C)C)C(C)OC(C)(C)C)C(=O)N[C@@H](Cc1ccc(C(C)(C)C)cc1)C(=O)N[C@@H](CCC(=O)OC(C)(C)C)CC(=O)N[C@H](CCCCNC(=O)OC(C)(C)C)C(N)=O. The number of hydrogen-bond acceptors (Lipinski definition) is 18. The van der Waals surface area contributed by atoms with Crippen molar-refractivity contribution in [2.75, 3.05) is 19.4 Å². The highest BCUT2D eigenvalue weighted by molar-refractivity contribution is 8.00. The maximum absolute atomic E-state index is 15.2. The van der Waals surface area contributed by atoms with Gasteiger partial charge in [0.2, 0.25) is 47.3 Å². The predicted octanol–water partition coefficient (Wildman–Crippen LogP) is 5.88. The molecule has 1 aromatic rings. The lowest BCUT2D eigenvalue weighted by molar-refractivity contribution is -0.157. The third-order valence-electron chi connectivity index (χ3n) is 14.2. The first-order valence-electron chi connectivity index (χ1n) is 33.1. The molecule has 0 aliphatic carbocycles. The number of nitrogens with one attached hydrogen (secondary N) is 8. The molecule has 0 saturated heterocycles. The number of primary amides is 1. The number of esters is 2. The molecule has 548 valence electrons. The third kappa shape index (κ3) is 36.7. The number of nitrogens with two attached hydrogens (primary N) is 2. The first kappa shape index (κ1) is 87.4. The number of carbonyl (C=O) groups is 11. The lowest BCUT2D eigenvalue weighted by atomic mass is 9.86. The molecule has 27 heteroatoms. The van der Waals surface area contributed by atoms with Crippen LogP contribution in [0.15, 0.2) is 24.3 Å². The van der Waals surface area contributed by atoms with Crippen LogP contribution in [0.1, 0.15) is 222 Å². The van der Waals surface area contributed by atoms with Crippen molar-refractivity contribution in [2.45, 2.75) is 310 Å². The number of thioether (sulfide) groups is 1. The Kier molecular flexibility index (Phi) is 34.6. The van der Waals surface area contributed by atoms with Crippen LogP contribution in [0.4, 0.5) is 4.79 Å². The fourth-order valence-corrected chi connectivity index (χ4v) is 9.80. The predicted molar refractivity (Wildman–Crippen MR) is 371 cm³/mol. The van der Waals surface area contributed by atoms with Gasteiger partial charge in [0.15, 0.2) is 0 Å². The van der Waals surface area contributed by atoms with Crippen molar-refractivity contribution in [2.24, 2.45) is 17.4 Å². The van der Waals surface area contributed by atoms with Gasteiger partial charge in [-0.15, -0.1) is 0 Å². The van der Waals surface area contributed by atoms with Gasteiger partial charge in [0.25, 0.3) is 0 Å². The van der Waals surface area contributed by atoms with Crippen molar-refractivity contribution >= 4 is 77.1 Å². The minimum absolute atomic E-state index is 0.00794. The second-order valence-corrected chi connectivity index (χ2v) is 32.9. The molecule has 1 unspecified atom stereocenters. The molecule has 0 spiro atoms. The molecule has 1 aromatic carbocycles. The van der Waals surface area contributed by atoms with Crippen LogP contribution in [-0.4, -0.2) is 172 Å². The van der Waals surface area contributed by atoms with Gasteiger partial charge in [-0.1, -0.05) is 58.9 Å². The highest BCUT2D eigenvalue weighted by Gasteiger charge is 2.42. The van der Waals surface area contributed by atoms with E-state index in [0.717, 1.165) is 5.56 Å². The Hall–Kier alpha value is -6.58. The van der Waals surface area contributed by atoms with Gasteiger partial charge in [0.1, 0.15) is 59.1 Å². The molecule has 0 aliphatic heterocycles. The van der Waals surface area contributed by atoms with Crippen LogP contribution in [-0.2, 0) is 83.5 Å². The maximum Gasteiger partial charge on any atom is 0.407 e. The zero-order valence-corrected chi connectivity index (χ0v) is 62.8. The second kappa shape index (κ2) is 38.0. The highest BCUT2D eigenvalue weighted by Crippen LogP contribution is 2.28. The summed E-state index contributed by atoms with van der Waals surface area (Å²) in [6.07, 6.45) is -0.689. The highest BCUT2D eigenvalue weighted by atomic mass is 32.2. The third-order valence-corrected chi connectivity index (χ3v) is 15.5. The minimum Gasteiger partial charge on any atom is -0.460 e. The zero-order valence-electron chi connectivity index (χ0n) is 62.0. The van der Waals surface area contributed by atoms with Crippen molar-refractivity contribution in [3.63, 3.8) is 0 Å². The fourth-order valence-electron chi connectivity index (χ4n) is 9.40. The maximum atomic E-state index is 15.2. The Labute approximate surface area is 575 Å². The van der Waals surface area contributed by atoms with E-state index in [4.69, 9.17) is 35.2 Å². The number of carbonyl (C=O) groups excluding carboxylic acids is 11. The zero-order chi connectivity index (χ0) is 74.3. The molecule has 0 aliphatic rings. The molecule has 12 N–H and O–H groups in total. The van der Waals surface area contributed by atoms with Crippen molar-refractivity contribution in [3.8, 4) is 0 Å². The molecular formula is C69H120N10O16S. The molecule has 0 bridgehead atoms. The molecule has 96 heavy (non-hydrogen) atoms. The van der Waals surface area contributed by atoms with Gasteiger partial charge in [-0.05, 0) is 185 Å². The molecule has 9 amide bonds. The number of rotatable bonds is 36. The largest absolute Gasteiger partial charge is 0.460 e. The van der Waals surface area contributed by atoms with E-state index in [1.165, 1.54) is 18.7 Å². The van der Waals surface area contributed by atoms with Crippen LogP contribution in [0.25, 0.3) is 0 Å². The Morgan fingerprint density at radius 2 is 1.04 bits per heavy atom. The Morgan fingerprint density at radius 3 is 1.54 bits per heavy atom. The average Bonchev–Trinajstić information content (AvgIpc) is 0.894. The first-order chi connectivity index (χ1) is 43.6. The number of alkyl carbamates (subject to hydrolysis) is 1. The normalized spacial score (nSPS) is 15.3. The number of ether oxygens (including phenoxy) is 5. The number of benzene rings is 1. The molecule has 9 atom stereocenters. The van der Waals surface area contributed by atoms with Crippen LogP contribution in [0.3, 0.4) is 0 Å². The van der Waals surface area contributed by atoms with Crippen molar-refractivity contribution < 1.29 is 76.4 Å². The summed E-state index contributed by atoms with van der Waals surface area (Å²) in [7, 11) is 0. The standard InChI is InChI=1S/C69H120N10O16S/c1-40(2)35-47(76-60(88)53(41(3)92-65(10,11)12)78-58(86)49(38-52(82)94-67(16,17)18)75-56(84)45(70)39-91-64(7,8)9)59(87)79-54(69(22,23)96-24)61(89)77-48(36-42-28-30-43(31-29-42)63(4,5)6)57(85)73-44(32-33-51(81)93-66(13,14)15)37-50(80)74-46(55(71)83)27-25-26-34-72-62(90)95-68(19,20)21/h28-31,40-41,44-49,53-54H,25-27,32-39,70H2,1-24H3,(H2,71,83)(H,72,90)(H,73,85)(H,74,80)(H,75,84)(H,76,88)(H,77,89)(H,78,86)(H,79,87)/t41?,44-,45-,46+,47+,48-,49-,53-,54+/m0/s1. The van der Waals surface area contributed by atoms with Crippen LogP contribution in [0.5, 0.6) is 0 Å². The topological polar surface area (TPSA) is 382 Å². The van der Waals surface area contributed by atoms with E-state index in [1.54, 1.807) is 124 Å². The van der Waals surface area contributed by atoms with Gasteiger partial charge in [-0.2, -0.15) is 11.8 Å². The molecule has 0 saturated carbocycles.